The molecule has 0 N–H and O–H groups in total. The highest BCUT2D eigenvalue weighted by molar-refractivity contribution is 8.76. The molecule has 0 aromatic heterocycles. The van der Waals surface area contributed by atoms with E-state index in [1.807, 2.05) is 21.6 Å². The molecule has 1 fully saturated rings. The molecule has 0 aromatic carbocycles. The minimum Gasteiger partial charge on any atom is -0.0935 e. The summed E-state index contributed by atoms with van der Waals surface area (Å²) in [5.41, 5.74) is 0.449. The maximum absolute atomic E-state index is 2.44. The summed E-state index contributed by atoms with van der Waals surface area (Å²) >= 11 is 0. The fraction of sp³-hybridized carbons (Fsp3) is 0.636. The molecule has 2 aliphatic rings. The topological polar surface area (TPSA) is 0 Å². The monoisotopic (exact) mass is 212 g/mol. The third-order valence-corrected chi connectivity index (χ3v) is 5.81. The lowest BCUT2D eigenvalue weighted by Crippen LogP contribution is -2.39. The predicted molar refractivity (Wildman–Crippen MR) is 64.0 cm³/mol. The van der Waals surface area contributed by atoms with Gasteiger partial charge < -0.3 is 0 Å². The first kappa shape index (κ1) is 9.72. The molecule has 2 rings (SSSR count). The summed E-state index contributed by atoms with van der Waals surface area (Å²) in [6.07, 6.45) is 9.27. The number of rotatable bonds is 1. The van der Waals surface area contributed by atoms with Crippen LogP contribution in [0.5, 0.6) is 0 Å². The molecule has 0 bridgehead atoms. The standard InChI is InChI=1S/C11H16S2/c1-9(2)11-6-4-3-5-10(11)7-12-13-8-11/h3-6,9-10H,7-8H2,1-2H3. The Bertz CT molecular complexity index is 242. The molecule has 72 valence electrons. The normalized spacial score (nSPS) is 37.9. The minimum absolute atomic E-state index is 0.449. The van der Waals surface area contributed by atoms with Crippen molar-refractivity contribution in [1.29, 1.82) is 0 Å². The second-order valence-electron chi connectivity index (χ2n) is 4.16. The Morgan fingerprint density at radius 2 is 2.15 bits per heavy atom. The predicted octanol–water partition coefficient (Wildman–Crippen LogP) is 3.77. The van der Waals surface area contributed by atoms with Crippen LogP contribution in [0.1, 0.15) is 13.8 Å². The summed E-state index contributed by atoms with van der Waals surface area (Å²) in [5, 5.41) is 0. The van der Waals surface area contributed by atoms with Crippen LogP contribution >= 0.6 is 21.6 Å². The van der Waals surface area contributed by atoms with Gasteiger partial charge >= 0.3 is 0 Å². The smallest absolute Gasteiger partial charge is 0.0137 e. The molecule has 0 nitrogen and oxygen atoms in total. The summed E-state index contributed by atoms with van der Waals surface area (Å²) in [6, 6.07) is 0. The second-order valence-corrected chi connectivity index (χ2v) is 6.67. The largest absolute Gasteiger partial charge is 0.0935 e. The van der Waals surface area contributed by atoms with Crippen LogP contribution in [0.4, 0.5) is 0 Å². The number of fused-ring (bicyclic) bond motifs is 1. The van der Waals surface area contributed by atoms with Gasteiger partial charge in [0, 0.05) is 16.9 Å². The van der Waals surface area contributed by atoms with Crippen molar-refractivity contribution in [2.24, 2.45) is 17.3 Å². The fourth-order valence-electron chi connectivity index (χ4n) is 2.15. The third kappa shape index (κ3) is 1.59. The first-order valence-electron chi connectivity index (χ1n) is 4.86. The Kier molecular flexibility index (Phi) is 2.80. The lowest BCUT2D eigenvalue weighted by Gasteiger charge is -2.44. The van der Waals surface area contributed by atoms with E-state index in [0.29, 0.717) is 5.41 Å². The molecule has 1 aliphatic heterocycles. The van der Waals surface area contributed by atoms with E-state index in [-0.39, 0.29) is 0 Å². The lowest BCUT2D eigenvalue weighted by molar-refractivity contribution is 0.235. The second kappa shape index (κ2) is 3.74. The summed E-state index contributed by atoms with van der Waals surface area (Å²) in [7, 11) is 4.07. The third-order valence-electron chi connectivity index (χ3n) is 3.27. The van der Waals surface area contributed by atoms with Crippen molar-refractivity contribution >= 4 is 21.6 Å². The van der Waals surface area contributed by atoms with Gasteiger partial charge in [-0.25, -0.2) is 0 Å². The highest BCUT2D eigenvalue weighted by atomic mass is 33.1. The van der Waals surface area contributed by atoms with Gasteiger partial charge in [-0.05, 0) is 11.8 Å². The summed E-state index contributed by atoms with van der Waals surface area (Å²) in [5.74, 6) is 4.08. The van der Waals surface area contributed by atoms with Crippen LogP contribution in [0, 0.1) is 17.3 Å². The summed E-state index contributed by atoms with van der Waals surface area (Å²) in [6.45, 7) is 4.71. The van der Waals surface area contributed by atoms with Crippen LogP contribution in [-0.2, 0) is 0 Å². The van der Waals surface area contributed by atoms with Crippen LogP contribution in [0.2, 0.25) is 0 Å². The molecule has 0 saturated carbocycles. The van der Waals surface area contributed by atoms with E-state index >= 15 is 0 Å². The first-order valence-corrected chi connectivity index (χ1v) is 7.35. The zero-order valence-electron chi connectivity index (χ0n) is 8.19. The molecule has 0 amide bonds. The van der Waals surface area contributed by atoms with E-state index in [4.69, 9.17) is 0 Å². The van der Waals surface area contributed by atoms with E-state index in [9.17, 15) is 0 Å². The van der Waals surface area contributed by atoms with Gasteiger partial charge in [0.05, 0.1) is 0 Å². The van der Waals surface area contributed by atoms with Crippen LogP contribution < -0.4 is 0 Å². The molecule has 2 atom stereocenters. The first-order chi connectivity index (χ1) is 6.26. The Morgan fingerprint density at radius 3 is 2.85 bits per heavy atom. The molecule has 0 radical (unpaired) electrons. The fourth-order valence-corrected chi connectivity index (χ4v) is 5.34. The van der Waals surface area contributed by atoms with E-state index in [2.05, 4.69) is 38.2 Å². The Labute approximate surface area is 88.6 Å². The zero-order valence-corrected chi connectivity index (χ0v) is 9.83. The molecule has 1 aliphatic carbocycles. The van der Waals surface area contributed by atoms with Crippen molar-refractivity contribution in [2.75, 3.05) is 11.5 Å². The summed E-state index contributed by atoms with van der Waals surface area (Å²) in [4.78, 5) is 0. The molecular formula is C11H16S2. The SMILES string of the molecule is CC(C)C12C=CC=CC1CSSC2. The molecule has 1 saturated heterocycles. The van der Waals surface area contributed by atoms with Gasteiger partial charge in [-0.3, -0.25) is 0 Å². The van der Waals surface area contributed by atoms with Crippen molar-refractivity contribution in [3.63, 3.8) is 0 Å². The van der Waals surface area contributed by atoms with Crippen LogP contribution in [-0.4, -0.2) is 11.5 Å². The molecule has 0 aromatic rings. The minimum atomic E-state index is 0.449. The van der Waals surface area contributed by atoms with Crippen molar-refractivity contribution < 1.29 is 0 Å². The zero-order chi connectivity index (χ0) is 9.31. The van der Waals surface area contributed by atoms with Gasteiger partial charge in [-0.2, -0.15) is 0 Å². The van der Waals surface area contributed by atoms with Gasteiger partial charge in [0.25, 0.3) is 0 Å². The van der Waals surface area contributed by atoms with Crippen molar-refractivity contribution in [2.45, 2.75) is 13.8 Å². The highest BCUT2D eigenvalue weighted by Gasteiger charge is 2.41. The Morgan fingerprint density at radius 1 is 1.31 bits per heavy atom. The van der Waals surface area contributed by atoms with Gasteiger partial charge in [0.2, 0.25) is 0 Å². The maximum Gasteiger partial charge on any atom is 0.0137 e. The Hall–Kier alpha value is 0.180. The van der Waals surface area contributed by atoms with Gasteiger partial charge in [-0.1, -0.05) is 59.7 Å². The van der Waals surface area contributed by atoms with E-state index < -0.39 is 0 Å². The van der Waals surface area contributed by atoms with E-state index in [1.54, 1.807) is 0 Å². The van der Waals surface area contributed by atoms with Crippen LogP contribution in [0.25, 0.3) is 0 Å². The Balaban J connectivity index is 2.29. The van der Waals surface area contributed by atoms with Crippen molar-refractivity contribution in [3.05, 3.63) is 24.3 Å². The van der Waals surface area contributed by atoms with Crippen molar-refractivity contribution in [1.82, 2.24) is 0 Å². The van der Waals surface area contributed by atoms with Gasteiger partial charge in [0.1, 0.15) is 0 Å². The van der Waals surface area contributed by atoms with Gasteiger partial charge in [-0.15, -0.1) is 0 Å². The maximum atomic E-state index is 2.44. The average Bonchev–Trinajstić information content (AvgIpc) is 2.17. The van der Waals surface area contributed by atoms with Crippen molar-refractivity contribution in [3.8, 4) is 0 Å². The van der Waals surface area contributed by atoms with Gasteiger partial charge in [0.15, 0.2) is 0 Å². The number of allylic oxidation sites excluding steroid dienone is 4. The summed E-state index contributed by atoms with van der Waals surface area (Å²) < 4.78 is 0. The average molecular weight is 212 g/mol. The molecule has 13 heavy (non-hydrogen) atoms. The van der Waals surface area contributed by atoms with E-state index in [0.717, 1.165) is 11.8 Å². The lowest BCUT2D eigenvalue weighted by atomic mass is 9.68. The molecule has 2 unspecified atom stereocenters. The number of hydrogen-bond donors (Lipinski definition) is 0. The molecule has 2 heteroatoms. The molecule has 1 heterocycles. The van der Waals surface area contributed by atoms with Crippen LogP contribution in [0.3, 0.4) is 0 Å². The van der Waals surface area contributed by atoms with Crippen LogP contribution in [0.15, 0.2) is 24.3 Å². The molecule has 0 spiro atoms. The van der Waals surface area contributed by atoms with E-state index in [1.165, 1.54) is 11.5 Å². The highest BCUT2D eigenvalue weighted by Crippen LogP contribution is 2.51. The molecular weight excluding hydrogens is 196 g/mol. The quantitative estimate of drug-likeness (QED) is 0.607. The number of hydrogen-bond acceptors (Lipinski definition) is 2.